The highest BCUT2D eigenvalue weighted by Gasteiger charge is 2.33. The molecule has 2 aliphatic rings. The molecular formula is C12H21NO2S. The number of hydrogen-bond donors (Lipinski definition) is 2. The maximum absolute atomic E-state index is 11.0. The molecule has 0 aromatic heterocycles. The SMILES string of the molecule is CC1CC(NCC2CCCC2C(=O)O)CS1. The van der Waals surface area contributed by atoms with E-state index < -0.39 is 5.97 Å². The third-order valence-electron chi connectivity index (χ3n) is 3.84. The molecule has 0 bridgehead atoms. The minimum Gasteiger partial charge on any atom is -0.481 e. The van der Waals surface area contributed by atoms with Crippen LogP contribution in [0.5, 0.6) is 0 Å². The van der Waals surface area contributed by atoms with Crippen LogP contribution in [0.3, 0.4) is 0 Å². The lowest BCUT2D eigenvalue weighted by atomic mass is 9.96. The smallest absolute Gasteiger partial charge is 0.306 e. The molecule has 1 saturated heterocycles. The van der Waals surface area contributed by atoms with Gasteiger partial charge in [-0.15, -0.1) is 0 Å². The Bertz CT molecular complexity index is 259. The van der Waals surface area contributed by atoms with E-state index in [2.05, 4.69) is 12.2 Å². The molecule has 4 heteroatoms. The second kappa shape index (κ2) is 5.41. The molecule has 2 fully saturated rings. The maximum Gasteiger partial charge on any atom is 0.306 e. The number of aliphatic carboxylic acids is 1. The average Bonchev–Trinajstić information content (AvgIpc) is 2.83. The first-order valence-electron chi connectivity index (χ1n) is 6.24. The molecule has 0 amide bonds. The van der Waals surface area contributed by atoms with E-state index in [0.717, 1.165) is 31.1 Å². The van der Waals surface area contributed by atoms with Crippen LogP contribution in [0.1, 0.15) is 32.6 Å². The van der Waals surface area contributed by atoms with Crippen LogP contribution in [-0.2, 0) is 4.79 Å². The Balaban J connectivity index is 1.75. The van der Waals surface area contributed by atoms with Gasteiger partial charge in [0.2, 0.25) is 0 Å². The lowest BCUT2D eigenvalue weighted by Gasteiger charge is -2.19. The summed E-state index contributed by atoms with van der Waals surface area (Å²) < 4.78 is 0. The van der Waals surface area contributed by atoms with Gasteiger partial charge >= 0.3 is 5.97 Å². The largest absolute Gasteiger partial charge is 0.481 e. The van der Waals surface area contributed by atoms with Crippen molar-refractivity contribution in [1.29, 1.82) is 0 Å². The molecule has 1 saturated carbocycles. The first-order valence-corrected chi connectivity index (χ1v) is 7.29. The molecule has 1 aliphatic heterocycles. The Morgan fingerprint density at radius 2 is 2.31 bits per heavy atom. The van der Waals surface area contributed by atoms with Crippen molar-refractivity contribution >= 4 is 17.7 Å². The van der Waals surface area contributed by atoms with E-state index in [9.17, 15) is 4.79 Å². The summed E-state index contributed by atoms with van der Waals surface area (Å²) in [6.45, 7) is 3.16. The number of nitrogens with one attached hydrogen (secondary N) is 1. The maximum atomic E-state index is 11.0. The number of hydrogen-bond acceptors (Lipinski definition) is 3. The van der Waals surface area contributed by atoms with Crippen molar-refractivity contribution in [1.82, 2.24) is 5.32 Å². The van der Waals surface area contributed by atoms with Gasteiger partial charge in [0.15, 0.2) is 0 Å². The van der Waals surface area contributed by atoms with Gasteiger partial charge < -0.3 is 10.4 Å². The lowest BCUT2D eigenvalue weighted by molar-refractivity contribution is -0.142. The molecule has 2 rings (SSSR count). The Morgan fingerprint density at radius 1 is 1.50 bits per heavy atom. The van der Waals surface area contributed by atoms with Gasteiger partial charge in [0.1, 0.15) is 0 Å². The molecule has 1 heterocycles. The van der Waals surface area contributed by atoms with E-state index in [-0.39, 0.29) is 5.92 Å². The fourth-order valence-electron chi connectivity index (χ4n) is 2.88. The monoisotopic (exact) mass is 243 g/mol. The Kier molecular flexibility index (Phi) is 4.14. The molecule has 0 aromatic carbocycles. The first kappa shape index (κ1) is 12.2. The van der Waals surface area contributed by atoms with E-state index in [0.29, 0.717) is 12.0 Å². The van der Waals surface area contributed by atoms with Crippen LogP contribution in [-0.4, -0.2) is 34.7 Å². The van der Waals surface area contributed by atoms with Crippen molar-refractivity contribution in [2.45, 2.75) is 43.9 Å². The fourth-order valence-corrected chi connectivity index (χ4v) is 4.07. The van der Waals surface area contributed by atoms with Gasteiger partial charge in [-0.1, -0.05) is 13.3 Å². The molecule has 0 radical (unpaired) electrons. The fraction of sp³-hybridized carbons (Fsp3) is 0.917. The molecule has 92 valence electrons. The predicted molar refractivity (Wildman–Crippen MR) is 66.8 cm³/mol. The first-order chi connectivity index (χ1) is 7.66. The summed E-state index contributed by atoms with van der Waals surface area (Å²) in [5.74, 6) is 0.849. The zero-order chi connectivity index (χ0) is 11.5. The molecule has 2 N–H and O–H groups in total. The molecule has 16 heavy (non-hydrogen) atoms. The number of rotatable bonds is 4. The van der Waals surface area contributed by atoms with Crippen LogP contribution in [0.25, 0.3) is 0 Å². The van der Waals surface area contributed by atoms with E-state index in [4.69, 9.17) is 5.11 Å². The Morgan fingerprint density at radius 3 is 2.94 bits per heavy atom. The van der Waals surface area contributed by atoms with Crippen molar-refractivity contribution in [2.24, 2.45) is 11.8 Å². The summed E-state index contributed by atoms with van der Waals surface area (Å²) in [4.78, 5) is 11.0. The van der Waals surface area contributed by atoms with Gasteiger partial charge in [0.25, 0.3) is 0 Å². The molecule has 1 aliphatic carbocycles. The summed E-state index contributed by atoms with van der Waals surface area (Å²) in [6, 6.07) is 0.607. The van der Waals surface area contributed by atoms with E-state index in [1.54, 1.807) is 0 Å². The number of thioether (sulfide) groups is 1. The highest BCUT2D eigenvalue weighted by molar-refractivity contribution is 8.00. The highest BCUT2D eigenvalue weighted by Crippen LogP contribution is 2.32. The zero-order valence-electron chi connectivity index (χ0n) is 9.82. The van der Waals surface area contributed by atoms with Gasteiger partial charge in [-0.25, -0.2) is 0 Å². The molecule has 4 atom stereocenters. The van der Waals surface area contributed by atoms with Crippen LogP contribution in [0, 0.1) is 11.8 Å². The Hall–Kier alpha value is -0.220. The van der Waals surface area contributed by atoms with Crippen molar-refractivity contribution < 1.29 is 9.90 Å². The third-order valence-corrected chi connectivity index (χ3v) is 5.20. The highest BCUT2D eigenvalue weighted by atomic mass is 32.2. The average molecular weight is 243 g/mol. The lowest BCUT2D eigenvalue weighted by Crippen LogP contribution is -2.36. The topological polar surface area (TPSA) is 49.3 Å². The standard InChI is InChI=1S/C12H21NO2S/c1-8-5-10(7-16-8)13-6-9-3-2-4-11(9)12(14)15/h8-11,13H,2-7H2,1H3,(H,14,15). The second-order valence-electron chi connectivity index (χ2n) is 5.12. The van der Waals surface area contributed by atoms with E-state index in [1.165, 1.54) is 12.2 Å². The van der Waals surface area contributed by atoms with Crippen molar-refractivity contribution in [3.63, 3.8) is 0 Å². The van der Waals surface area contributed by atoms with Gasteiger partial charge in [-0.2, -0.15) is 11.8 Å². The van der Waals surface area contributed by atoms with Crippen molar-refractivity contribution in [3.8, 4) is 0 Å². The minimum atomic E-state index is -0.599. The molecular weight excluding hydrogens is 222 g/mol. The van der Waals surface area contributed by atoms with Crippen LogP contribution in [0.2, 0.25) is 0 Å². The van der Waals surface area contributed by atoms with Crippen LogP contribution < -0.4 is 5.32 Å². The van der Waals surface area contributed by atoms with E-state index in [1.807, 2.05) is 11.8 Å². The number of carboxylic acids is 1. The third kappa shape index (κ3) is 2.92. The van der Waals surface area contributed by atoms with Gasteiger partial charge in [-0.3, -0.25) is 4.79 Å². The van der Waals surface area contributed by atoms with E-state index >= 15 is 0 Å². The summed E-state index contributed by atoms with van der Waals surface area (Å²) >= 11 is 2.02. The zero-order valence-corrected chi connectivity index (χ0v) is 10.6. The molecule has 4 unspecified atom stereocenters. The van der Waals surface area contributed by atoms with Crippen LogP contribution in [0.4, 0.5) is 0 Å². The van der Waals surface area contributed by atoms with Gasteiger partial charge in [-0.05, 0) is 31.7 Å². The quantitative estimate of drug-likeness (QED) is 0.792. The summed E-state index contributed by atoms with van der Waals surface area (Å²) in [5, 5.41) is 13.4. The van der Waals surface area contributed by atoms with Gasteiger partial charge in [0.05, 0.1) is 5.92 Å². The normalized spacial score (nSPS) is 39.1. The van der Waals surface area contributed by atoms with Crippen LogP contribution >= 0.6 is 11.8 Å². The minimum absolute atomic E-state index is 0.0982. The molecule has 0 aromatic rings. The molecule has 0 spiro atoms. The number of carbonyl (C=O) groups is 1. The van der Waals surface area contributed by atoms with Crippen LogP contribution in [0.15, 0.2) is 0 Å². The summed E-state index contributed by atoms with van der Waals surface area (Å²) in [7, 11) is 0. The van der Waals surface area contributed by atoms with Gasteiger partial charge in [0, 0.05) is 17.0 Å². The van der Waals surface area contributed by atoms with Crippen molar-refractivity contribution in [2.75, 3.05) is 12.3 Å². The Labute approximate surface area is 101 Å². The second-order valence-corrected chi connectivity index (χ2v) is 6.59. The molecule has 3 nitrogen and oxygen atoms in total. The van der Waals surface area contributed by atoms with Crippen molar-refractivity contribution in [3.05, 3.63) is 0 Å². The summed E-state index contributed by atoms with van der Waals surface area (Å²) in [5.41, 5.74) is 0. The summed E-state index contributed by atoms with van der Waals surface area (Å²) in [6.07, 6.45) is 4.27. The number of carboxylic acid groups (broad SMARTS) is 1. The predicted octanol–water partition coefficient (Wildman–Crippen LogP) is 1.97.